The van der Waals surface area contributed by atoms with Crippen molar-refractivity contribution < 1.29 is 13.2 Å². The minimum Gasteiger partial charge on any atom is -0.300 e. The maximum absolute atomic E-state index is 12.3. The van der Waals surface area contributed by atoms with Crippen LogP contribution in [0.3, 0.4) is 0 Å². The van der Waals surface area contributed by atoms with Gasteiger partial charge in [-0.3, -0.25) is 10.1 Å². The Morgan fingerprint density at radius 3 is 2.42 bits per heavy atom. The molecule has 26 heavy (non-hydrogen) atoms. The molecule has 0 unspecified atom stereocenters. The number of benzene rings is 2. The van der Waals surface area contributed by atoms with Gasteiger partial charge >= 0.3 is 0 Å². The number of nitrogens with one attached hydrogen (secondary N) is 1. The largest absolute Gasteiger partial charge is 0.300 e. The average molecular weight is 387 g/mol. The quantitative estimate of drug-likeness (QED) is 0.702. The van der Waals surface area contributed by atoms with Gasteiger partial charge in [0.1, 0.15) is 10.8 Å². The Hall–Kier alpha value is -2.58. The standard InChI is InChI=1S/C18H17N3O3S2/c1-13-7-9-15(10-8-13)26(23,24)12-16(22)19-18-21-20-17(25-18)11-14-5-3-2-4-6-14/h2-10H,11-12H2,1H3,(H,19,21,22). The molecule has 0 fully saturated rings. The highest BCUT2D eigenvalue weighted by Gasteiger charge is 2.20. The van der Waals surface area contributed by atoms with Crippen LogP contribution < -0.4 is 5.32 Å². The van der Waals surface area contributed by atoms with E-state index in [1.165, 1.54) is 23.5 Å². The molecule has 0 bridgehead atoms. The lowest BCUT2D eigenvalue weighted by Crippen LogP contribution is -2.23. The number of carbonyl (C=O) groups is 1. The summed E-state index contributed by atoms with van der Waals surface area (Å²) in [4.78, 5) is 12.2. The monoisotopic (exact) mass is 387 g/mol. The summed E-state index contributed by atoms with van der Waals surface area (Å²) in [7, 11) is -3.69. The maximum atomic E-state index is 12.3. The molecule has 0 radical (unpaired) electrons. The zero-order valence-corrected chi connectivity index (χ0v) is 15.7. The van der Waals surface area contributed by atoms with Gasteiger partial charge in [-0.25, -0.2) is 8.42 Å². The van der Waals surface area contributed by atoms with Gasteiger partial charge in [0, 0.05) is 6.42 Å². The molecule has 1 heterocycles. The molecule has 8 heteroatoms. The van der Waals surface area contributed by atoms with Crippen molar-refractivity contribution in [1.29, 1.82) is 0 Å². The van der Waals surface area contributed by atoms with Crippen LogP contribution in [0.1, 0.15) is 16.1 Å². The first-order valence-corrected chi connectivity index (χ1v) is 10.3. The number of amides is 1. The lowest BCUT2D eigenvalue weighted by molar-refractivity contribution is -0.113. The van der Waals surface area contributed by atoms with Crippen molar-refractivity contribution in [3.63, 3.8) is 0 Å². The van der Waals surface area contributed by atoms with Crippen LogP contribution in [0, 0.1) is 6.92 Å². The molecule has 134 valence electrons. The van der Waals surface area contributed by atoms with Gasteiger partial charge in [0.15, 0.2) is 9.84 Å². The van der Waals surface area contributed by atoms with Crippen LogP contribution in [0.5, 0.6) is 0 Å². The molecule has 0 saturated heterocycles. The molecule has 0 aliphatic heterocycles. The third-order valence-electron chi connectivity index (χ3n) is 3.61. The minimum atomic E-state index is -3.69. The smallest absolute Gasteiger partial charge is 0.241 e. The number of hydrogen-bond acceptors (Lipinski definition) is 6. The summed E-state index contributed by atoms with van der Waals surface area (Å²) >= 11 is 1.23. The summed E-state index contributed by atoms with van der Waals surface area (Å²) in [6.07, 6.45) is 0.607. The van der Waals surface area contributed by atoms with Crippen LogP contribution in [0.2, 0.25) is 0 Å². The summed E-state index contributed by atoms with van der Waals surface area (Å²) in [5.74, 6) is -1.27. The second-order valence-electron chi connectivity index (χ2n) is 5.78. The van der Waals surface area contributed by atoms with Crippen LogP contribution >= 0.6 is 11.3 Å². The highest BCUT2D eigenvalue weighted by atomic mass is 32.2. The number of sulfone groups is 1. The molecule has 0 atom stereocenters. The van der Waals surface area contributed by atoms with E-state index in [1.54, 1.807) is 12.1 Å². The number of aryl methyl sites for hydroxylation is 1. The summed E-state index contributed by atoms with van der Waals surface area (Å²) in [6, 6.07) is 16.2. The van der Waals surface area contributed by atoms with E-state index in [0.717, 1.165) is 16.1 Å². The Bertz CT molecular complexity index is 998. The summed E-state index contributed by atoms with van der Waals surface area (Å²) in [6.45, 7) is 1.87. The van der Waals surface area contributed by atoms with Gasteiger partial charge in [-0.15, -0.1) is 10.2 Å². The van der Waals surface area contributed by atoms with E-state index in [4.69, 9.17) is 0 Å². The van der Waals surface area contributed by atoms with Gasteiger partial charge in [-0.1, -0.05) is 59.4 Å². The van der Waals surface area contributed by atoms with Crippen molar-refractivity contribution in [2.24, 2.45) is 0 Å². The van der Waals surface area contributed by atoms with Crippen molar-refractivity contribution >= 4 is 32.2 Å². The van der Waals surface area contributed by atoms with E-state index >= 15 is 0 Å². The second kappa shape index (κ2) is 7.76. The first kappa shape index (κ1) is 18.2. The Morgan fingerprint density at radius 2 is 1.73 bits per heavy atom. The van der Waals surface area contributed by atoms with Gasteiger partial charge < -0.3 is 0 Å². The van der Waals surface area contributed by atoms with Gasteiger partial charge in [0.05, 0.1) is 4.90 Å². The van der Waals surface area contributed by atoms with E-state index in [0.29, 0.717) is 11.6 Å². The number of hydrogen-bond donors (Lipinski definition) is 1. The minimum absolute atomic E-state index is 0.125. The average Bonchev–Trinajstić information content (AvgIpc) is 3.02. The normalized spacial score (nSPS) is 11.3. The van der Waals surface area contributed by atoms with Crippen molar-refractivity contribution in [3.8, 4) is 0 Å². The van der Waals surface area contributed by atoms with Gasteiger partial charge in [0.25, 0.3) is 0 Å². The number of anilines is 1. The van der Waals surface area contributed by atoms with Gasteiger partial charge in [-0.05, 0) is 24.6 Å². The number of rotatable bonds is 6. The second-order valence-corrected chi connectivity index (χ2v) is 8.84. The van der Waals surface area contributed by atoms with E-state index in [9.17, 15) is 13.2 Å². The predicted octanol–water partition coefficient (Wildman–Crippen LogP) is 2.85. The topological polar surface area (TPSA) is 89.0 Å². The van der Waals surface area contributed by atoms with Crippen molar-refractivity contribution in [2.45, 2.75) is 18.2 Å². The summed E-state index contributed by atoms with van der Waals surface area (Å²) in [5, 5.41) is 11.5. The molecule has 0 saturated carbocycles. The molecular weight excluding hydrogens is 370 g/mol. The predicted molar refractivity (Wildman–Crippen MR) is 101 cm³/mol. The Labute approximate surface area is 155 Å². The summed E-state index contributed by atoms with van der Waals surface area (Å²) < 4.78 is 24.6. The molecule has 6 nitrogen and oxygen atoms in total. The highest BCUT2D eigenvalue weighted by molar-refractivity contribution is 7.92. The van der Waals surface area contributed by atoms with E-state index in [1.807, 2.05) is 37.3 Å². The van der Waals surface area contributed by atoms with Gasteiger partial charge in [0.2, 0.25) is 11.0 Å². The Balaban J connectivity index is 1.62. The maximum Gasteiger partial charge on any atom is 0.241 e. The Kier molecular flexibility index (Phi) is 5.43. The van der Waals surface area contributed by atoms with Crippen molar-refractivity contribution in [2.75, 3.05) is 11.1 Å². The summed E-state index contributed by atoms with van der Waals surface area (Å²) in [5.41, 5.74) is 2.04. The van der Waals surface area contributed by atoms with E-state index in [-0.39, 0.29) is 4.90 Å². The SMILES string of the molecule is Cc1ccc(S(=O)(=O)CC(=O)Nc2nnc(Cc3ccccc3)s2)cc1. The number of nitrogens with zero attached hydrogens (tertiary/aromatic N) is 2. The molecule has 3 rings (SSSR count). The van der Waals surface area contributed by atoms with E-state index in [2.05, 4.69) is 15.5 Å². The fourth-order valence-electron chi connectivity index (χ4n) is 2.30. The fourth-order valence-corrected chi connectivity index (χ4v) is 4.23. The molecule has 0 aliphatic carbocycles. The molecular formula is C18H17N3O3S2. The van der Waals surface area contributed by atoms with Crippen LogP contribution in [0.25, 0.3) is 0 Å². The fraction of sp³-hybridized carbons (Fsp3) is 0.167. The highest BCUT2D eigenvalue weighted by Crippen LogP contribution is 2.19. The van der Waals surface area contributed by atoms with E-state index < -0.39 is 21.5 Å². The molecule has 0 aliphatic rings. The number of carbonyl (C=O) groups excluding carboxylic acids is 1. The number of aromatic nitrogens is 2. The lowest BCUT2D eigenvalue weighted by atomic mass is 10.2. The van der Waals surface area contributed by atoms with Crippen LogP contribution in [0.15, 0.2) is 59.5 Å². The van der Waals surface area contributed by atoms with Crippen LogP contribution in [-0.2, 0) is 21.1 Å². The molecule has 2 aromatic carbocycles. The zero-order valence-electron chi connectivity index (χ0n) is 14.0. The first-order chi connectivity index (χ1) is 12.4. The first-order valence-electron chi connectivity index (χ1n) is 7.88. The van der Waals surface area contributed by atoms with Crippen molar-refractivity contribution in [1.82, 2.24) is 10.2 Å². The van der Waals surface area contributed by atoms with Gasteiger partial charge in [-0.2, -0.15) is 0 Å². The molecule has 0 spiro atoms. The van der Waals surface area contributed by atoms with Crippen LogP contribution in [0.4, 0.5) is 5.13 Å². The molecule has 3 aromatic rings. The third kappa shape index (κ3) is 4.74. The van der Waals surface area contributed by atoms with Crippen molar-refractivity contribution in [3.05, 3.63) is 70.7 Å². The third-order valence-corrected chi connectivity index (χ3v) is 6.08. The lowest BCUT2D eigenvalue weighted by Gasteiger charge is -2.04. The van der Waals surface area contributed by atoms with Crippen LogP contribution in [-0.4, -0.2) is 30.3 Å². The molecule has 1 aromatic heterocycles. The molecule has 1 N–H and O–H groups in total. The zero-order chi connectivity index (χ0) is 18.6. The Morgan fingerprint density at radius 1 is 1.04 bits per heavy atom. The molecule has 1 amide bonds.